The van der Waals surface area contributed by atoms with Crippen LogP contribution in [0.4, 0.5) is 0 Å². The molecule has 0 spiro atoms. The Labute approximate surface area is 127 Å². The molecule has 106 valence electrons. The molecule has 0 amide bonds. The highest BCUT2D eigenvalue weighted by Crippen LogP contribution is 2.23. The van der Waals surface area contributed by atoms with Crippen molar-refractivity contribution < 1.29 is 9.47 Å². The fraction of sp³-hybridized carbons (Fsp3) is 0.125. The van der Waals surface area contributed by atoms with Crippen molar-refractivity contribution in [1.29, 1.82) is 0 Å². The molecular weight excluding hydrogens is 288 g/mol. The van der Waals surface area contributed by atoms with Gasteiger partial charge in [0, 0.05) is 0 Å². The molecule has 0 unspecified atom stereocenters. The fourth-order valence-corrected chi connectivity index (χ4v) is 2.14. The van der Waals surface area contributed by atoms with Crippen molar-refractivity contribution >= 4 is 22.5 Å². The summed E-state index contributed by atoms with van der Waals surface area (Å²) in [6, 6.07) is 15.1. The Morgan fingerprint density at radius 3 is 2.52 bits per heavy atom. The van der Waals surface area contributed by atoms with E-state index in [1.54, 1.807) is 6.07 Å². The fourth-order valence-electron chi connectivity index (χ4n) is 1.95. The van der Waals surface area contributed by atoms with E-state index >= 15 is 0 Å². The molecule has 0 atom stereocenters. The van der Waals surface area contributed by atoms with Gasteiger partial charge in [0.25, 0.3) is 0 Å². The summed E-state index contributed by atoms with van der Waals surface area (Å²) in [5.74, 6) is 1.21. The van der Waals surface area contributed by atoms with Crippen molar-refractivity contribution in [2.24, 2.45) is 0 Å². The van der Waals surface area contributed by atoms with Crippen LogP contribution < -0.4 is 9.47 Å². The average Bonchev–Trinajstić information content (AvgIpc) is 2.53. The monoisotopic (exact) mass is 300 g/mol. The van der Waals surface area contributed by atoms with Gasteiger partial charge in [0.05, 0.1) is 15.9 Å². The molecule has 3 aromatic rings. The number of rotatable bonds is 5. The van der Waals surface area contributed by atoms with Gasteiger partial charge in [-0.15, -0.1) is 0 Å². The van der Waals surface area contributed by atoms with Gasteiger partial charge in [0.15, 0.2) is 0 Å². The summed E-state index contributed by atoms with van der Waals surface area (Å²) in [5, 5.41) is 1.47. The molecule has 0 radical (unpaired) electrons. The van der Waals surface area contributed by atoms with Gasteiger partial charge in [0.1, 0.15) is 25.3 Å². The van der Waals surface area contributed by atoms with Crippen LogP contribution in [0.25, 0.3) is 10.9 Å². The van der Waals surface area contributed by atoms with E-state index in [4.69, 9.17) is 21.1 Å². The zero-order chi connectivity index (χ0) is 14.5. The van der Waals surface area contributed by atoms with Crippen LogP contribution in [0.2, 0.25) is 5.02 Å². The first-order chi connectivity index (χ1) is 10.3. The molecule has 0 bridgehead atoms. The molecule has 1 heterocycles. The molecule has 4 nitrogen and oxygen atoms in total. The predicted molar refractivity (Wildman–Crippen MR) is 82.0 cm³/mol. The summed E-state index contributed by atoms with van der Waals surface area (Å²) < 4.78 is 11.2. The smallest absolute Gasteiger partial charge is 0.224 e. The Balaban J connectivity index is 1.61. The summed E-state index contributed by atoms with van der Waals surface area (Å²) in [6.45, 7) is 0.772. The van der Waals surface area contributed by atoms with Gasteiger partial charge in [-0.05, 0) is 24.3 Å². The molecule has 21 heavy (non-hydrogen) atoms. The third-order valence-corrected chi connectivity index (χ3v) is 3.23. The van der Waals surface area contributed by atoms with Crippen LogP contribution in [0.3, 0.4) is 0 Å². The second-order valence-electron chi connectivity index (χ2n) is 4.32. The van der Waals surface area contributed by atoms with E-state index in [0.29, 0.717) is 29.9 Å². The van der Waals surface area contributed by atoms with E-state index < -0.39 is 0 Å². The van der Waals surface area contributed by atoms with Gasteiger partial charge in [-0.3, -0.25) is 0 Å². The molecule has 0 saturated heterocycles. The van der Waals surface area contributed by atoms with Crippen molar-refractivity contribution in [1.82, 2.24) is 9.97 Å². The summed E-state index contributed by atoms with van der Waals surface area (Å²) in [4.78, 5) is 8.34. The van der Waals surface area contributed by atoms with E-state index in [0.717, 1.165) is 10.9 Å². The van der Waals surface area contributed by atoms with Crippen LogP contribution in [0, 0.1) is 0 Å². The topological polar surface area (TPSA) is 44.2 Å². The summed E-state index contributed by atoms with van der Waals surface area (Å²) in [6.07, 6.45) is 1.49. The zero-order valence-corrected chi connectivity index (χ0v) is 12.0. The quantitative estimate of drug-likeness (QED) is 0.673. The highest BCUT2D eigenvalue weighted by Gasteiger charge is 2.04. The SMILES string of the molecule is Clc1ccccc1OCCOc1ncnc2ccccc12. The van der Waals surface area contributed by atoms with Crippen LogP contribution in [-0.2, 0) is 0 Å². The lowest BCUT2D eigenvalue weighted by Crippen LogP contribution is -2.10. The van der Waals surface area contributed by atoms with Gasteiger partial charge < -0.3 is 9.47 Å². The van der Waals surface area contributed by atoms with Gasteiger partial charge >= 0.3 is 0 Å². The lowest BCUT2D eigenvalue weighted by atomic mass is 10.2. The standard InChI is InChI=1S/C16H13ClN2O2/c17-13-6-2-4-8-15(13)20-9-10-21-16-12-5-1-3-7-14(12)18-11-19-16/h1-8,11H,9-10H2. The van der Waals surface area contributed by atoms with E-state index in [1.165, 1.54) is 6.33 Å². The maximum atomic E-state index is 6.01. The highest BCUT2D eigenvalue weighted by molar-refractivity contribution is 6.32. The van der Waals surface area contributed by atoms with Crippen LogP contribution in [0.15, 0.2) is 54.9 Å². The third kappa shape index (κ3) is 3.23. The molecule has 0 aliphatic heterocycles. The summed E-state index contributed by atoms with van der Waals surface area (Å²) in [7, 11) is 0. The number of aromatic nitrogens is 2. The zero-order valence-electron chi connectivity index (χ0n) is 11.2. The third-order valence-electron chi connectivity index (χ3n) is 2.92. The minimum atomic E-state index is 0.381. The minimum absolute atomic E-state index is 0.381. The summed E-state index contributed by atoms with van der Waals surface area (Å²) >= 11 is 6.01. The second kappa shape index (κ2) is 6.41. The van der Waals surface area contributed by atoms with Gasteiger partial charge in [0.2, 0.25) is 5.88 Å². The Morgan fingerprint density at radius 1 is 0.857 bits per heavy atom. The van der Waals surface area contributed by atoms with E-state index in [-0.39, 0.29) is 0 Å². The Kier molecular flexibility index (Phi) is 4.17. The molecule has 1 aromatic heterocycles. The van der Waals surface area contributed by atoms with Crippen LogP contribution in [0.5, 0.6) is 11.6 Å². The first-order valence-electron chi connectivity index (χ1n) is 6.54. The number of fused-ring (bicyclic) bond motifs is 1. The first-order valence-corrected chi connectivity index (χ1v) is 6.92. The van der Waals surface area contributed by atoms with Crippen LogP contribution in [-0.4, -0.2) is 23.2 Å². The first kappa shape index (κ1) is 13.6. The second-order valence-corrected chi connectivity index (χ2v) is 4.73. The van der Waals surface area contributed by atoms with E-state index in [9.17, 15) is 0 Å². The molecule has 0 saturated carbocycles. The van der Waals surface area contributed by atoms with E-state index in [2.05, 4.69) is 9.97 Å². The molecule has 0 aliphatic carbocycles. The van der Waals surface area contributed by atoms with Crippen LogP contribution in [0.1, 0.15) is 0 Å². The molecule has 0 aliphatic rings. The van der Waals surface area contributed by atoms with Gasteiger partial charge in [-0.25, -0.2) is 9.97 Å². The molecule has 0 fully saturated rings. The molecular formula is C16H13ClN2O2. The number of para-hydroxylation sites is 2. The maximum Gasteiger partial charge on any atom is 0.224 e. The molecule has 0 N–H and O–H groups in total. The predicted octanol–water partition coefficient (Wildman–Crippen LogP) is 3.74. The van der Waals surface area contributed by atoms with Crippen molar-refractivity contribution in [2.75, 3.05) is 13.2 Å². The number of halogens is 1. The number of hydrogen-bond donors (Lipinski definition) is 0. The molecule has 3 rings (SSSR count). The van der Waals surface area contributed by atoms with Crippen molar-refractivity contribution in [3.05, 3.63) is 59.9 Å². The number of nitrogens with zero attached hydrogens (tertiary/aromatic N) is 2. The van der Waals surface area contributed by atoms with Crippen molar-refractivity contribution in [2.45, 2.75) is 0 Å². The molecule has 5 heteroatoms. The minimum Gasteiger partial charge on any atom is -0.488 e. The van der Waals surface area contributed by atoms with E-state index in [1.807, 2.05) is 42.5 Å². The number of hydrogen-bond acceptors (Lipinski definition) is 4. The Hall–Kier alpha value is -2.33. The lowest BCUT2D eigenvalue weighted by molar-refractivity contribution is 0.213. The molecule has 2 aromatic carbocycles. The van der Waals surface area contributed by atoms with Gasteiger partial charge in [-0.1, -0.05) is 35.9 Å². The average molecular weight is 301 g/mol. The number of ether oxygens (including phenoxy) is 2. The number of benzene rings is 2. The van der Waals surface area contributed by atoms with Crippen molar-refractivity contribution in [3.8, 4) is 11.6 Å². The highest BCUT2D eigenvalue weighted by atomic mass is 35.5. The largest absolute Gasteiger partial charge is 0.488 e. The van der Waals surface area contributed by atoms with Crippen molar-refractivity contribution in [3.63, 3.8) is 0 Å². The maximum absolute atomic E-state index is 6.01. The lowest BCUT2D eigenvalue weighted by Gasteiger charge is -2.09. The Bertz CT molecular complexity index is 744. The Morgan fingerprint density at radius 2 is 1.62 bits per heavy atom. The van der Waals surface area contributed by atoms with Gasteiger partial charge in [-0.2, -0.15) is 0 Å². The van der Waals surface area contributed by atoms with Crippen LogP contribution >= 0.6 is 11.6 Å². The normalized spacial score (nSPS) is 10.5. The summed E-state index contributed by atoms with van der Waals surface area (Å²) in [5.41, 5.74) is 0.856.